The Morgan fingerprint density at radius 1 is 1.28 bits per heavy atom. The second kappa shape index (κ2) is 7.79. The van der Waals surface area contributed by atoms with Crippen LogP contribution in [0.5, 0.6) is 0 Å². The van der Waals surface area contributed by atoms with Crippen LogP contribution in [0, 0.1) is 5.82 Å². The molecule has 3 aromatic rings. The predicted octanol–water partition coefficient (Wildman–Crippen LogP) is 3.43. The summed E-state index contributed by atoms with van der Waals surface area (Å²) in [4.78, 5) is 15.1. The fraction of sp³-hybridized carbons (Fsp3) is 0.235. The molecule has 0 spiro atoms. The first-order valence-corrected chi connectivity index (χ1v) is 9.45. The van der Waals surface area contributed by atoms with Crippen molar-refractivity contribution >= 4 is 29.0 Å². The molecule has 0 radical (unpaired) electrons. The van der Waals surface area contributed by atoms with Gasteiger partial charge in [-0.05, 0) is 35.7 Å². The smallest absolute Gasteiger partial charge is 0.233 e. The Morgan fingerprint density at radius 3 is 2.72 bits per heavy atom. The van der Waals surface area contributed by atoms with E-state index < -0.39 is 0 Å². The van der Waals surface area contributed by atoms with Crippen molar-refractivity contribution in [3.8, 4) is 11.4 Å². The lowest BCUT2D eigenvalue weighted by molar-refractivity contribution is -0.127. The van der Waals surface area contributed by atoms with Gasteiger partial charge < -0.3 is 9.47 Å². The number of hydrogen-bond donors (Lipinski definition) is 0. The molecule has 0 saturated carbocycles. The first-order chi connectivity index (χ1) is 12.0. The first kappa shape index (κ1) is 17.6. The highest BCUT2D eigenvalue weighted by Gasteiger charge is 2.15. The van der Waals surface area contributed by atoms with Gasteiger partial charge in [0.05, 0.1) is 12.3 Å². The number of rotatable bonds is 6. The molecule has 0 aliphatic rings. The van der Waals surface area contributed by atoms with Gasteiger partial charge in [0.1, 0.15) is 5.82 Å². The van der Waals surface area contributed by atoms with Crippen LogP contribution in [0.15, 0.2) is 46.9 Å². The minimum Gasteiger partial charge on any atom is -0.340 e. The molecule has 2 heterocycles. The van der Waals surface area contributed by atoms with Crippen LogP contribution < -0.4 is 0 Å². The summed E-state index contributed by atoms with van der Waals surface area (Å²) in [5.41, 5.74) is 0.782. The van der Waals surface area contributed by atoms with E-state index in [0.717, 1.165) is 10.4 Å². The largest absolute Gasteiger partial charge is 0.340 e. The van der Waals surface area contributed by atoms with Crippen molar-refractivity contribution in [2.24, 2.45) is 7.05 Å². The van der Waals surface area contributed by atoms with Gasteiger partial charge in [-0.3, -0.25) is 4.79 Å². The van der Waals surface area contributed by atoms with Gasteiger partial charge >= 0.3 is 0 Å². The van der Waals surface area contributed by atoms with Crippen LogP contribution in [-0.4, -0.2) is 38.4 Å². The third kappa shape index (κ3) is 4.26. The van der Waals surface area contributed by atoms with Crippen LogP contribution >= 0.6 is 23.1 Å². The van der Waals surface area contributed by atoms with Gasteiger partial charge in [0.2, 0.25) is 5.91 Å². The van der Waals surface area contributed by atoms with Gasteiger partial charge in [-0.25, -0.2) is 4.39 Å². The van der Waals surface area contributed by atoms with Gasteiger partial charge in [0.25, 0.3) is 0 Å². The maximum absolute atomic E-state index is 13.0. The second-order valence-corrected chi connectivity index (χ2v) is 7.46. The molecule has 1 amide bonds. The van der Waals surface area contributed by atoms with Crippen molar-refractivity contribution in [1.82, 2.24) is 19.7 Å². The number of carbonyl (C=O) groups excluding carboxylic acids is 1. The van der Waals surface area contributed by atoms with Crippen molar-refractivity contribution in [2.75, 3.05) is 12.8 Å². The van der Waals surface area contributed by atoms with E-state index in [1.54, 1.807) is 35.4 Å². The highest BCUT2D eigenvalue weighted by molar-refractivity contribution is 7.99. The monoisotopic (exact) mass is 376 g/mol. The summed E-state index contributed by atoms with van der Waals surface area (Å²) < 4.78 is 14.9. The fourth-order valence-electron chi connectivity index (χ4n) is 2.25. The van der Waals surface area contributed by atoms with E-state index in [4.69, 9.17) is 0 Å². The average Bonchev–Trinajstić information content (AvgIpc) is 3.23. The summed E-state index contributed by atoms with van der Waals surface area (Å²) in [6.45, 7) is 0.608. The number of carbonyl (C=O) groups is 1. The van der Waals surface area contributed by atoms with E-state index >= 15 is 0 Å². The summed E-state index contributed by atoms with van der Waals surface area (Å²) in [5.74, 6) is 0.670. The molecule has 25 heavy (non-hydrogen) atoms. The molecule has 1 aromatic carbocycles. The van der Waals surface area contributed by atoms with E-state index in [9.17, 15) is 9.18 Å². The van der Waals surface area contributed by atoms with Crippen molar-refractivity contribution in [1.29, 1.82) is 0 Å². The van der Waals surface area contributed by atoms with Crippen molar-refractivity contribution in [3.05, 3.63) is 52.5 Å². The van der Waals surface area contributed by atoms with Crippen LogP contribution in [0.3, 0.4) is 0 Å². The Morgan fingerprint density at radius 2 is 2.04 bits per heavy atom. The summed E-state index contributed by atoms with van der Waals surface area (Å²) in [6.07, 6.45) is 0. The van der Waals surface area contributed by atoms with E-state index in [2.05, 4.69) is 10.2 Å². The lowest BCUT2D eigenvalue weighted by Crippen LogP contribution is -2.27. The van der Waals surface area contributed by atoms with E-state index in [-0.39, 0.29) is 17.5 Å². The Labute approximate surface area is 153 Å². The molecule has 3 rings (SSSR count). The number of benzene rings is 1. The third-order valence-corrected chi connectivity index (χ3v) is 5.53. The van der Waals surface area contributed by atoms with Crippen LogP contribution in [0.1, 0.15) is 4.88 Å². The Balaban J connectivity index is 1.62. The molecule has 0 aliphatic carbocycles. The number of amides is 1. The van der Waals surface area contributed by atoms with Gasteiger partial charge in [0, 0.05) is 24.5 Å². The molecule has 8 heteroatoms. The molecule has 0 atom stereocenters. The maximum Gasteiger partial charge on any atom is 0.233 e. The number of halogens is 1. The zero-order valence-corrected chi connectivity index (χ0v) is 15.5. The molecule has 0 saturated heterocycles. The fourth-order valence-corrected chi connectivity index (χ4v) is 3.86. The normalized spacial score (nSPS) is 10.8. The number of nitrogens with zero attached hydrogens (tertiary/aromatic N) is 4. The van der Waals surface area contributed by atoms with Gasteiger partial charge in [0.15, 0.2) is 11.0 Å². The van der Waals surface area contributed by atoms with Crippen molar-refractivity contribution in [3.63, 3.8) is 0 Å². The Kier molecular flexibility index (Phi) is 5.50. The van der Waals surface area contributed by atoms with E-state index in [1.807, 2.05) is 29.1 Å². The van der Waals surface area contributed by atoms with Crippen LogP contribution in [0.2, 0.25) is 0 Å². The third-order valence-electron chi connectivity index (χ3n) is 3.66. The predicted molar refractivity (Wildman–Crippen MR) is 97.9 cm³/mol. The van der Waals surface area contributed by atoms with E-state index in [1.165, 1.54) is 23.9 Å². The first-order valence-electron chi connectivity index (χ1n) is 7.59. The molecule has 2 aromatic heterocycles. The minimum atomic E-state index is -0.292. The SMILES string of the molecule is CN(Cc1cccs1)C(=O)CSc1nnc(-c2ccc(F)cc2)n1C. The van der Waals surface area contributed by atoms with Gasteiger partial charge in [-0.1, -0.05) is 17.8 Å². The van der Waals surface area contributed by atoms with Gasteiger partial charge in [-0.2, -0.15) is 0 Å². The molecule has 5 nitrogen and oxygen atoms in total. The van der Waals surface area contributed by atoms with Crippen LogP contribution in [-0.2, 0) is 18.4 Å². The zero-order valence-electron chi connectivity index (χ0n) is 13.8. The quantitative estimate of drug-likeness (QED) is 0.619. The molecule has 0 unspecified atom stereocenters. The standard InChI is InChI=1S/C17H17FN4OS2/c1-21(10-14-4-3-9-24-14)15(23)11-25-17-20-19-16(22(17)2)12-5-7-13(18)8-6-12/h3-9H,10-11H2,1-2H3. The number of thiophene rings is 1. The zero-order chi connectivity index (χ0) is 17.8. The van der Waals surface area contributed by atoms with Gasteiger partial charge in [-0.15, -0.1) is 21.5 Å². The minimum absolute atomic E-state index is 0.0322. The van der Waals surface area contributed by atoms with E-state index in [0.29, 0.717) is 17.5 Å². The van der Waals surface area contributed by atoms with Crippen LogP contribution in [0.25, 0.3) is 11.4 Å². The Hall–Kier alpha value is -2.19. The molecular weight excluding hydrogens is 359 g/mol. The molecule has 0 N–H and O–H groups in total. The second-order valence-electron chi connectivity index (χ2n) is 5.49. The van der Waals surface area contributed by atoms with Crippen molar-refractivity contribution in [2.45, 2.75) is 11.7 Å². The molecule has 0 fully saturated rings. The summed E-state index contributed by atoms with van der Waals surface area (Å²) >= 11 is 2.98. The summed E-state index contributed by atoms with van der Waals surface area (Å²) in [6, 6.07) is 10.1. The van der Waals surface area contributed by atoms with Crippen molar-refractivity contribution < 1.29 is 9.18 Å². The summed E-state index contributed by atoms with van der Waals surface area (Å²) in [5, 5.41) is 10.9. The number of aromatic nitrogens is 3. The molecule has 0 aliphatic heterocycles. The molecule has 130 valence electrons. The maximum atomic E-state index is 13.0. The summed E-state index contributed by atoms with van der Waals surface area (Å²) in [7, 11) is 3.63. The number of thioether (sulfide) groups is 1. The Bertz CT molecular complexity index is 846. The lowest BCUT2D eigenvalue weighted by atomic mass is 10.2. The molecular formula is C17H17FN4OS2. The lowest BCUT2D eigenvalue weighted by Gasteiger charge is -2.15. The number of hydrogen-bond acceptors (Lipinski definition) is 5. The van der Waals surface area contributed by atoms with Crippen LogP contribution in [0.4, 0.5) is 4.39 Å². The highest BCUT2D eigenvalue weighted by atomic mass is 32.2. The molecule has 0 bridgehead atoms. The topological polar surface area (TPSA) is 51.0 Å². The average molecular weight is 376 g/mol. The highest BCUT2D eigenvalue weighted by Crippen LogP contribution is 2.23.